The van der Waals surface area contributed by atoms with Gasteiger partial charge in [-0.2, -0.15) is 5.21 Å². The molecule has 0 amide bonds. The first-order valence-corrected chi connectivity index (χ1v) is 11.9. The summed E-state index contributed by atoms with van der Waals surface area (Å²) >= 11 is 0. The summed E-state index contributed by atoms with van der Waals surface area (Å²) in [5.74, 6) is 0.230. The van der Waals surface area contributed by atoms with Gasteiger partial charge in [0.05, 0.1) is 6.54 Å². The van der Waals surface area contributed by atoms with Gasteiger partial charge < -0.3 is 0 Å². The maximum Gasteiger partial charge on any atom is 0.336 e. The van der Waals surface area contributed by atoms with Crippen molar-refractivity contribution in [2.45, 2.75) is 33.2 Å². The Morgan fingerprint density at radius 1 is 0.917 bits per heavy atom. The van der Waals surface area contributed by atoms with Crippen molar-refractivity contribution in [3.05, 3.63) is 112 Å². The van der Waals surface area contributed by atoms with Crippen LogP contribution in [0.15, 0.2) is 83.7 Å². The fraction of sp³-hybridized carbons (Fsp3) is 0.179. The van der Waals surface area contributed by atoms with Gasteiger partial charge in [-0.25, -0.2) is 9.36 Å². The minimum atomic E-state index is -0.309. The van der Waals surface area contributed by atoms with E-state index in [1.807, 2.05) is 61.5 Å². The first kappa shape index (κ1) is 23.2. The molecule has 0 saturated carbocycles. The Kier molecular flexibility index (Phi) is 6.40. The third-order valence-electron chi connectivity index (χ3n) is 6.33. The van der Waals surface area contributed by atoms with Crippen LogP contribution in [-0.4, -0.2) is 35.7 Å². The number of carbonyl (C=O) groups is 1. The van der Waals surface area contributed by atoms with E-state index in [1.54, 1.807) is 28.8 Å². The smallest absolute Gasteiger partial charge is 0.291 e. The number of aromatic nitrogens is 6. The molecule has 0 fully saturated rings. The maximum atomic E-state index is 13.5. The van der Waals surface area contributed by atoms with Crippen molar-refractivity contribution in [3.8, 4) is 22.5 Å². The second kappa shape index (κ2) is 9.95. The molecule has 0 atom stereocenters. The van der Waals surface area contributed by atoms with E-state index in [2.05, 4.69) is 27.5 Å². The molecule has 0 aliphatic heterocycles. The van der Waals surface area contributed by atoms with Crippen molar-refractivity contribution in [3.63, 3.8) is 0 Å². The number of tetrazole rings is 1. The van der Waals surface area contributed by atoms with Crippen molar-refractivity contribution >= 4 is 5.91 Å². The summed E-state index contributed by atoms with van der Waals surface area (Å²) < 4.78 is 3.03. The van der Waals surface area contributed by atoms with E-state index in [1.165, 1.54) is 4.57 Å². The number of rotatable bonds is 7. The second-order valence-corrected chi connectivity index (χ2v) is 8.64. The third-order valence-corrected chi connectivity index (χ3v) is 6.33. The van der Waals surface area contributed by atoms with E-state index in [9.17, 15) is 9.59 Å². The molecule has 0 unspecified atom stereocenters. The van der Waals surface area contributed by atoms with Crippen LogP contribution >= 0.6 is 0 Å². The first-order chi connectivity index (χ1) is 17.6. The summed E-state index contributed by atoms with van der Waals surface area (Å²) in [6.07, 6.45) is 1.59. The van der Waals surface area contributed by atoms with Crippen LogP contribution < -0.4 is 5.69 Å². The molecule has 2 aromatic heterocycles. The molecule has 2 heterocycles. The van der Waals surface area contributed by atoms with E-state index < -0.39 is 0 Å². The highest BCUT2D eigenvalue weighted by molar-refractivity contribution is 5.96. The molecular formula is C28H26N6O2. The average Bonchev–Trinajstić information content (AvgIpc) is 3.53. The van der Waals surface area contributed by atoms with Gasteiger partial charge in [-0.05, 0) is 47.4 Å². The highest BCUT2D eigenvalue weighted by atomic mass is 16.2. The molecule has 8 heteroatoms. The summed E-state index contributed by atoms with van der Waals surface area (Å²) in [6.45, 7) is 4.30. The van der Waals surface area contributed by atoms with Crippen molar-refractivity contribution in [1.82, 2.24) is 29.8 Å². The minimum Gasteiger partial charge on any atom is -0.291 e. The number of H-pyrrole nitrogens is 1. The summed E-state index contributed by atoms with van der Waals surface area (Å²) in [7, 11) is 0. The molecule has 5 aromatic rings. The van der Waals surface area contributed by atoms with Crippen molar-refractivity contribution in [1.29, 1.82) is 0 Å². The Labute approximate surface area is 208 Å². The highest BCUT2D eigenvalue weighted by Crippen LogP contribution is 2.30. The fourth-order valence-corrected chi connectivity index (χ4v) is 4.55. The fourth-order valence-electron chi connectivity index (χ4n) is 4.55. The third kappa shape index (κ3) is 4.29. The Morgan fingerprint density at radius 2 is 1.61 bits per heavy atom. The van der Waals surface area contributed by atoms with Gasteiger partial charge in [0.25, 0.3) is 5.91 Å². The van der Waals surface area contributed by atoms with Crippen molar-refractivity contribution < 1.29 is 4.79 Å². The molecule has 0 spiro atoms. The Morgan fingerprint density at radius 3 is 2.28 bits per heavy atom. The lowest BCUT2D eigenvalue weighted by Gasteiger charge is -2.10. The maximum absolute atomic E-state index is 13.5. The molecular weight excluding hydrogens is 452 g/mol. The summed E-state index contributed by atoms with van der Waals surface area (Å²) in [5, 5.41) is 14.4. The average molecular weight is 479 g/mol. The predicted octanol–water partition coefficient (Wildman–Crippen LogP) is 4.49. The number of carbonyl (C=O) groups excluding carboxylic acids is 1. The van der Waals surface area contributed by atoms with E-state index >= 15 is 0 Å². The van der Waals surface area contributed by atoms with Crippen molar-refractivity contribution in [2.24, 2.45) is 0 Å². The number of hydrogen-bond acceptors (Lipinski definition) is 5. The van der Waals surface area contributed by atoms with Crippen LogP contribution in [0, 0.1) is 6.92 Å². The minimum absolute atomic E-state index is 0.303. The van der Waals surface area contributed by atoms with E-state index in [4.69, 9.17) is 0 Å². The van der Waals surface area contributed by atoms with Crippen LogP contribution in [0.4, 0.5) is 0 Å². The molecule has 180 valence electrons. The quantitative estimate of drug-likeness (QED) is 0.372. The van der Waals surface area contributed by atoms with Crippen LogP contribution in [0.2, 0.25) is 0 Å². The number of hydrogen-bond donors (Lipinski definition) is 1. The van der Waals surface area contributed by atoms with E-state index in [0.717, 1.165) is 34.4 Å². The molecule has 8 nitrogen and oxygen atoms in total. The molecule has 0 radical (unpaired) electrons. The van der Waals surface area contributed by atoms with Crippen molar-refractivity contribution in [2.75, 3.05) is 0 Å². The van der Waals surface area contributed by atoms with Gasteiger partial charge in [0.15, 0.2) is 0 Å². The molecule has 0 bridgehead atoms. The second-order valence-electron chi connectivity index (χ2n) is 8.64. The van der Waals surface area contributed by atoms with Gasteiger partial charge >= 0.3 is 5.69 Å². The monoisotopic (exact) mass is 478 g/mol. The zero-order chi connectivity index (χ0) is 25.1. The molecule has 0 saturated heterocycles. The van der Waals surface area contributed by atoms with Crippen LogP contribution in [0.25, 0.3) is 22.5 Å². The van der Waals surface area contributed by atoms with Gasteiger partial charge in [0.2, 0.25) is 5.82 Å². The Balaban J connectivity index is 1.48. The predicted molar refractivity (Wildman–Crippen MR) is 138 cm³/mol. The van der Waals surface area contributed by atoms with Gasteiger partial charge in [-0.3, -0.25) is 9.36 Å². The van der Waals surface area contributed by atoms with Gasteiger partial charge in [-0.15, -0.1) is 10.2 Å². The first-order valence-electron chi connectivity index (χ1n) is 11.9. The summed E-state index contributed by atoms with van der Waals surface area (Å²) in [5.41, 5.74) is 5.62. The number of imidazole rings is 1. The van der Waals surface area contributed by atoms with Crippen LogP contribution in [0.5, 0.6) is 0 Å². The zero-order valence-electron chi connectivity index (χ0n) is 20.2. The molecule has 0 aliphatic rings. The normalized spacial score (nSPS) is 11.1. The SMILES string of the molecule is CCCc1c(C)n(C(=O)c2ccccc2)c(=O)n1Cc1ccc(-c2ccccc2-c2nn[nH]n2)cc1. The zero-order valence-corrected chi connectivity index (χ0v) is 20.2. The topological polar surface area (TPSA) is 98.5 Å². The number of nitrogens with one attached hydrogen (secondary N) is 1. The molecule has 36 heavy (non-hydrogen) atoms. The standard InChI is InChI=1S/C28H26N6O2/c1-3-9-25-19(2)34(27(35)22-10-5-4-6-11-22)28(36)33(25)18-20-14-16-21(17-15-20)23-12-7-8-13-24(23)26-29-31-32-30-26/h4-8,10-17H,3,9,18H2,1-2H3,(H,29,30,31,32). The van der Waals surface area contributed by atoms with Crippen LogP contribution in [0.3, 0.4) is 0 Å². The Hall–Kier alpha value is -4.59. The van der Waals surface area contributed by atoms with E-state index in [-0.39, 0.29) is 11.6 Å². The number of nitrogens with zero attached hydrogens (tertiary/aromatic N) is 5. The highest BCUT2D eigenvalue weighted by Gasteiger charge is 2.22. The lowest BCUT2D eigenvalue weighted by molar-refractivity contribution is 0.0953. The molecule has 0 aliphatic carbocycles. The summed E-state index contributed by atoms with van der Waals surface area (Å²) in [6, 6.07) is 24.9. The lowest BCUT2D eigenvalue weighted by Crippen LogP contribution is -2.30. The van der Waals surface area contributed by atoms with E-state index in [0.29, 0.717) is 30.0 Å². The Bertz CT molecular complexity index is 1550. The van der Waals surface area contributed by atoms with Crippen LogP contribution in [-0.2, 0) is 13.0 Å². The number of aromatic amines is 1. The number of benzene rings is 3. The van der Waals surface area contributed by atoms with Crippen LogP contribution in [0.1, 0.15) is 40.7 Å². The molecule has 3 aromatic carbocycles. The van der Waals surface area contributed by atoms with Gasteiger partial charge in [-0.1, -0.05) is 80.1 Å². The lowest BCUT2D eigenvalue weighted by atomic mass is 9.98. The van der Waals surface area contributed by atoms with Gasteiger partial charge in [0.1, 0.15) is 0 Å². The summed E-state index contributed by atoms with van der Waals surface area (Å²) in [4.78, 5) is 26.6. The largest absolute Gasteiger partial charge is 0.336 e. The molecule has 5 rings (SSSR count). The van der Waals surface area contributed by atoms with Gasteiger partial charge in [0, 0.05) is 22.5 Å². The molecule has 1 N–H and O–H groups in total.